The third kappa shape index (κ3) is 11.5. The molecule has 0 aromatic carbocycles. The zero-order chi connectivity index (χ0) is 13.1. The van der Waals surface area contributed by atoms with Crippen molar-refractivity contribution in [2.75, 3.05) is 19.6 Å². The molecular weight excluding hydrogens is 343 g/mol. The third-order valence-corrected chi connectivity index (χ3v) is 1.76. The quantitative estimate of drug-likeness (QED) is 0.281. The van der Waals surface area contributed by atoms with Gasteiger partial charge in [0.2, 0.25) is 5.91 Å². The Morgan fingerprint density at radius 1 is 1.39 bits per heavy atom. The fourth-order valence-corrected chi connectivity index (χ4v) is 1.14. The monoisotopic (exact) mass is 366 g/mol. The summed E-state index contributed by atoms with van der Waals surface area (Å²) in [4.78, 5) is 15.6. The molecule has 104 valence electrons. The first-order valence-corrected chi connectivity index (χ1v) is 5.85. The average molecular weight is 366 g/mol. The molecule has 1 amide bonds. The zero-order valence-electron chi connectivity index (χ0n) is 11.2. The fourth-order valence-electron chi connectivity index (χ4n) is 1.14. The van der Waals surface area contributed by atoms with Crippen LogP contribution in [0.4, 0.5) is 0 Å². The first-order chi connectivity index (χ1) is 8.10. The van der Waals surface area contributed by atoms with E-state index < -0.39 is 0 Å². The van der Waals surface area contributed by atoms with E-state index in [1.807, 2.05) is 20.8 Å². The van der Waals surface area contributed by atoms with Crippen molar-refractivity contribution >= 4 is 35.8 Å². The summed E-state index contributed by atoms with van der Waals surface area (Å²) in [5.74, 6) is 3.12. The van der Waals surface area contributed by atoms with Crippen molar-refractivity contribution in [3.63, 3.8) is 0 Å². The van der Waals surface area contributed by atoms with Gasteiger partial charge in [-0.05, 0) is 20.8 Å². The van der Waals surface area contributed by atoms with E-state index in [9.17, 15) is 4.79 Å². The Morgan fingerprint density at radius 3 is 2.56 bits per heavy atom. The first kappa shape index (κ1) is 19.4. The largest absolute Gasteiger partial charge is 0.357 e. The summed E-state index contributed by atoms with van der Waals surface area (Å²) in [5.41, 5.74) is 0. The van der Waals surface area contributed by atoms with Crippen LogP contribution in [0.15, 0.2) is 4.99 Å². The van der Waals surface area contributed by atoms with Gasteiger partial charge in [-0.3, -0.25) is 9.79 Å². The van der Waals surface area contributed by atoms with Crippen LogP contribution in [0, 0.1) is 12.3 Å². The minimum atomic E-state index is 0. The van der Waals surface area contributed by atoms with Gasteiger partial charge in [0, 0.05) is 19.0 Å². The van der Waals surface area contributed by atoms with E-state index in [1.54, 1.807) is 0 Å². The van der Waals surface area contributed by atoms with Gasteiger partial charge >= 0.3 is 0 Å². The van der Waals surface area contributed by atoms with Gasteiger partial charge in [-0.2, -0.15) is 0 Å². The standard InChI is InChI=1S/C12H22N4O.HI/c1-5-8-14-12(13-6-2)15-9-7-11(17)16-10(3)4;/h1,10H,6-9H2,2-4H3,(H,16,17)(H2,13,14,15);1H. The summed E-state index contributed by atoms with van der Waals surface area (Å²) in [6.07, 6.45) is 5.53. The second kappa shape index (κ2) is 12.5. The van der Waals surface area contributed by atoms with E-state index in [4.69, 9.17) is 6.42 Å². The molecule has 5 nitrogen and oxygen atoms in total. The van der Waals surface area contributed by atoms with Crippen LogP contribution in [0.3, 0.4) is 0 Å². The minimum Gasteiger partial charge on any atom is -0.357 e. The summed E-state index contributed by atoms with van der Waals surface area (Å²) in [5, 5.41) is 8.81. The van der Waals surface area contributed by atoms with Gasteiger partial charge in [-0.15, -0.1) is 30.4 Å². The van der Waals surface area contributed by atoms with Crippen molar-refractivity contribution in [1.82, 2.24) is 16.0 Å². The molecule has 0 radical (unpaired) electrons. The highest BCUT2D eigenvalue weighted by molar-refractivity contribution is 14.0. The molecule has 0 atom stereocenters. The van der Waals surface area contributed by atoms with E-state index in [2.05, 4.69) is 26.9 Å². The average Bonchev–Trinajstić information content (AvgIpc) is 2.24. The van der Waals surface area contributed by atoms with E-state index in [1.165, 1.54) is 0 Å². The normalized spacial score (nSPS) is 10.3. The number of nitrogens with zero attached hydrogens (tertiary/aromatic N) is 1. The molecule has 6 heteroatoms. The highest BCUT2D eigenvalue weighted by Gasteiger charge is 2.02. The molecule has 0 heterocycles. The molecule has 0 saturated heterocycles. The maximum Gasteiger partial charge on any atom is 0.222 e. The number of halogens is 1. The molecular formula is C12H23IN4O. The second-order valence-corrected chi connectivity index (χ2v) is 3.79. The van der Waals surface area contributed by atoms with Gasteiger partial charge in [0.1, 0.15) is 0 Å². The molecule has 0 aliphatic carbocycles. The SMILES string of the molecule is C#CCNC(=NCCC(=O)NC(C)C)NCC.I. The predicted octanol–water partition coefficient (Wildman–Crippen LogP) is 0.707. The van der Waals surface area contributed by atoms with Crippen LogP contribution in [0.25, 0.3) is 0 Å². The molecule has 0 saturated carbocycles. The lowest BCUT2D eigenvalue weighted by Gasteiger charge is -2.09. The van der Waals surface area contributed by atoms with Gasteiger partial charge < -0.3 is 16.0 Å². The number of terminal acetylenes is 1. The Kier molecular flexibility index (Phi) is 13.4. The van der Waals surface area contributed by atoms with Gasteiger partial charge in [0.25, 0.3) is 0 Å². The van der Waals surface area contributed by atoms with Crippen LogP contribution >= 0.6 is 24.0 Å². The van der Waals surface area contributed by atoms with Crippen LogP contribution in [0.2, 0.25) is 0 Å². The molecule has 0 aromatic heterocycles. The lowest BCUT2D eigenvalue weighted by Crippen LogP contribution is -2.37. The number of guanidine groups is 1. The summed E-state index contributed by atoms with van der Waals surface area (Å²) >= 11 is 0. The van der Waals surface area contributed by atoms with Crippen molar-refractivity contribution in [1.29, 1.82) is 0 Å². The third-order valence-electron chi connectivity index (χ3n) is 1.76. The molecule has 0 unspecified atom stereocenters. The number of carbonyl (C=O) groups is 1. The Hall–Kier alpha value is -0.970. The Balaban J connectivity index is 0. The molecule has 18 heavy (non-hydrogen) atoms. The molecule has 0 aliphatic heterocycles. The minimum absolute atomic E-state index is 0. The van der Waals surface area contributed by atoms with E-state index in [0.29, 0.717) is 25.5 Å². The molecule has 0 aromatic rings. The smallest absolute Gasteiger partial charge is 0.222 e. The fraction of sp³-hybridized carbons (Fsp3) is 0.667. The van der Waals surface area contributed by atoms with Crippen LogP contribution in [0.1, 0.15) is 27.2 Å². The van der Waals surface area contributed by atoms with Gasteiger partial charge in [0.15, 0.2) is 5.96 Å². The number of aliphatic imine (C=N–C) groups is 1. The maximum atomic E-state index is 11.4. The van der Waals surface area contributed by atoms with Crippen LogP contribution in [0.5, 0.6) is 0 Å². The van der Waals surface area contributed by atoms with Crippen molar-refractivity contribution in [3.8, 4) is 12.3 Å². The Morgan fingerprint density at radius 2 is 2.06 bits per heavy atom. The number of amides is 1. The zero-order valence-corrected chi connectivity index (χ0v) is 13.6. The number of hydrogen-bond donors (Lipinski definition) is 3. The van der Waals surface area contributed by atoms with Crippen molar-refractivity contribution < 1.29 is 4.79 Å². The Bertz CT molecular complexity index is 297. The van der Waals surface area contributed by atoms with Crippen LogP contribution in [-0.2, 0) is 4.79 Å². The molecule has 0 spiro atoms. The van der Waals surface area contributed by atoms with Gasteiger partial charge in [-0.1, -0.05) is 5.92 Å². The second-order valence-electron chi connectivity index (χ2n) is 3.79. The van der Waals surface area contributed by atoms with Crippen molar-refractivity contribution in [2.45, 2.75) is 33.2 Å². The lowest BCUT2D eigenvalue weighted by molar-refractivity contribution is -0.121. The first-order valence-electron chi connectivity index (χ1n) is 5.85. The summed E-state index contributed by atoms with van der Waals surface area (Å²) in [7, 11) is 0. The number of nitrogens with one attached hydrogen (secondary N) is 3. The van der Waals surface area contributed by atoms with Crippen molar-refractivity contribution in [2.24, 2.45) is 4.99 Å². The number of carbonyl (C=O) groups excluding carboxylic acids is 1. The molecule has 0 fully saturated rings. The van der Waals surface area contributed by atoms with E-state index in [-0.39, 0.29) is 35.9 Å². The van der Waals surface area contributed by atoms with Crippen molar-refractivity contribution in [3.05, 3.63) is 0 Å². The van der Waals surface area contributed by atoms with Gasteiger partial charge in [0.05, 0.1) is 13.1 Å². The highest BCUT2D eigenvalue weighted by atomic mass is 127. The highest BCUT2D eigenvalue weighted by Crippen LogP contribution is 1.85. The Labute approximate surface area is 127 Å². The van der Waals surface area contributed by atoms with Gasteiger partial charge in [-0.25, -0.2) is 0 Å². The summed E-state index contributed by atoms with van der Waals surface area (Å²) in [6, 6.07) is 0.166. The maximum absolute atomic E-state index is 11.4. The molecule has 0 rings (SSSR count). The van der Waals surface area contributed by atoms with E-state index in [0.717, 1.165) is 6.54 Å². The predicted molar refractivity (Wildman–Crippen MR) is 86.1 cm³/mol. The summed E-state index contributed by atoms with van der Waals surface area (Å²) in [6.45, 7) is 7.45. The number of rotatable bonds is 6. The lowest BCUT2D eigenvalue weighted by atomic mass is 10.3. The molecule has 3 N–H and O–H groups in total. The molecule has 0 aliphatic rings. The van der Waals surface area contributed by atoms with Crippen LogP contribution in [-0.4, -0.2) is 37.5 Å². The van der Waals surface area contributed by atoms with Crippen LogP contribution < -0.4 is 16.0 Å². The van der Waals surface area contributed by atoms with E-state index >= 15 is 0 Å². The molecule has 0 bridgehead atoms. The summed E-state index contributed by atoms with van der Waals surface area (Å²) < 4.78 is 0. The number of hydrogen-bond acceptors (Lipinski definition) is 2. The topological polar surface area (TPSA) is 65.5 Å².